The standard InChI is InChI=1S/C24H29FN4O3/c1-31-19-6-8-24(25,9-7-19)23(30)29-16-17-3-2-10-26-22(17)27-20-5-4-18(15-21(20)29)28-11-13-32-14-12-28/h2-5,10,15,19H,6-9,11-14,16H2,1H3,(H,26,27)/t19-,24-. The maximum absolute atomic E-state index is 16.0. The van der Waals surface area contributed by atoms with Crippen LogP contribution in [0.1, 0.15) is 31.2 Å². The van der Waals surface area contributed by atoms with Crippen LogP contribution in [0.25, 0.3) is 0 Å². The van der Waals surface area contributed by atoms with Crippen LogP contribution < -0.4 is 15.1 Å². The Balaban J connectivity index is 1.52. The summed E-state index contributed by atoms with van der Waals surface area (Å²) in [6, 6.07) is 9.74. The molecule has 5 rings (SSSR count). The van der Waals surface area contributed by atoms with Crippen LogP contribution in [-0.2, 0) is 20.8 Å². The number of benzene rings is 1. The molecule has 1 saturated heterocycles. The maximum Gasteiger partial charge on any atom is 0.265 e. The van der Waals surface area contributed by atoms with Crippen LogP contribution in [0.4, 0.5) is 27.3 Å². The van der Waals surface area contributed by atoms with Gasteiger partial charge in [-0.3, -0.25) is 4.79 Å². The highest BCUT2D eigenvalue weighted by molar-refractivity contribution is 6.03. The number of amides is 1. The van der Waals surface area contributed by atoms with Crippen LogP contribution in [0.2, 0.25) is 0 Å². The molecule has 8 heteroatoms. The predicted octanol–water partition coefficient (Wildman–Crippen LogP) is 3.81. The topological polar surface area (TPSA) is 66.9 Å². The molecule has 32 heavy (non-hydrogen) atoms. The molecule has 0 spiro atoms. The Kier molecular flexibility index (Phi) is 5.73. The molecule has 7 nitrogen and oxygen atoms in total. The Morgan fingerprint density at radius 1 is 1.25 bits per heavy atom. The van der Waals surface area contributed by atoms with E-state index in [1.807, 2.05) is 30.3 Å². The number of hydrogen-bond acceptors (Lipinski definition) is 6. The van der Waals surface area contributed by atoms with Crippen molar-refractivity contribution in [3.63, 3.8) is 0 Å². The van der Waals surface area contributed by atoms with Crippen LogP contribution in [0.5, 0.6) is 0 Å². The van der Waals surface area contributed by atoms with Gasteiger partial charge in [0.05, 0.1) is 37.2 Å². The molecule has 1 N–H and O–H groups in total. The Morgan fingerprint density at radius 2 is 2.03 bits per heavy atom. The summed E-state index contributed by atoms with van der Waals surface area (Å²) in [6.45, 7) is 3.18. The number of halogens is 1. The van der Waals surface area contributed by atoms with E-state index in [-0.39, 0.29) is 25.5 Å². The van der Waals surface area contributed by atoms with Crippen LogP contribution in [0, 0.1) is 0 Å². The number of methoxy groups -OCH3 is 1. The molecule has 1 aliphatic carbocycles. The van der Waals surface area contributed by atoms with Gasteiger partial charge in [0.2, 0.25) is 0 Å². The van der Waals surface area contributed by atoms with Crippen LogP contribution >= 0.6 is 0 Å². The third-order valence-corrected chi connectivity index (χ3v) is 6.81. The number of morpholine rings is 1. The molecule has 0 atom stereocenters. The summed E-state index contributed by atoms with van der Waals surface area (Å²) in [5.41, 5.74) is 1.40. The maximum atomic E-state index is 16.0. The molecule has 3 heterocycles. The summed E-state index contributed by atoms with van der Waals surface area (Å²) >= 11 is 0. The minimum Gasteiger partial charge on any atom is -0.381 e. The van der Waals surface area contributed by atoms with Gasteiger partial charge in [-0.25, -0.2) is 9.37 Å². The van der Waals surface area contributed by atoms with E-state index in [1.165, 1.54) is 0 Å². The number of alkyl halides is 1. The van der Waals surface area contributed by atoms with Gasteiger partial charge >= 0.3 is 0 Å². The number of nitrogens with zero attached hydrogens (tertiary/aromatic N) is 3. The predicted molar refractivity (Wildman–Crippen MR) is 121 cm³/mol. The monoisotopic (exact) mass is 440 g/mol. The van der Waals surface area contributed by atoms with E-state index >= 15 is 4.39 Å². The van der Waals surface area contributed by atoms with Crippen molar-refractivity contribution in [2.45, 2.75) is 44.0 Å². The second-order valence-corrected chi connectivity index (χ2v) is 8.73. The molecule has 1 aromatic carbocycles. The Morgan fingerprint density at radius 3 is 2.78 bits per heavy atom. The van der Waals surface area contributed by atoms with E-state index < -0.39 is 11.6 Å². The zero-order valence-corrected chi connectivity index (χ0v) is 18.3. The van der Waals surface area contributed by atoms with Crippen LogP contribution in [0.15, 0.2) is 36.5 Å². The van der Waals surface area contributed by atoms with Gasteiger partial charge in [-0.1, -0.05) is 6.07 Å². The Bertz CT molecular complexity index is 987. The summed E-state index contributed by atoms with van der Waals surface area (Å²) in [5, 5.41) is 3.36. The van der Waals surface area contributed by atoms with Crippen molar-refractivity contribution < 1.29 is 18.7 Å². The molecule has 2 fully saturated rings. The first-order valence-corrected chi connectivity index (χ1v) is 11.3. The van der Waals surface area contributed by atoms with Gasteiger partial charge < -0.3 is 24.6 Å². The first kappa shape index (κ1) is 21.2. The second-order valence-electron chi connectivity index (χ2n) is 8.73. The van der Waals surface area contributed by atoms with Crippen molar-refractivity contribution in [2.24, 2.45) is 0 Å². The number of carbonyl (C=O) groups is 1. The van der Waals surface area contributed by atoms with Gasteiger partial charge in [-0.2, -0.15) is 0 Å². The summed E-state index contributed by atoms with van der Waals surface area (Å²) in [7, 11) is 1.64. The highest BCUT2D eigenvalue weighted by Gasteiger charge is 2.46. The number of carbonyl (C=O) groups excluding carboxylic acids is 1. The lowest BCUT2D eigenvalue weighted by Gasteiger charge is -2.36. The third kappa shape index (κ3) is 3.93. The summed E-state index contributed by atoms with van der Waals surface area (Å²) < 4.78 is 26.9. The fraction of sp³-hybridized carbons (Fsp3) is 0.500. The molecule has 170 valence electrons. The first-order valence-electron chi connectivity index (χ1n) is 11.3. The molecule has 1 aromatic heterocycles. The van der Waals surface area contributed by atoms with Crippen molar-refractivity contribution >= 4 is 28.8 Å². The van der Waals surface area contributed by atoms with Crippen molar-refractivity contribution in [3.8, 4) is 0 Å². The van der Waals surface area contributed by atoms with E-state index in [4.69, 9.17) is 9.47 Å². The molecule has 1 amide bonds. The summed E-state index contributed by atoms with van der Waals surface area (Å²) in [4.78, 5) is 22.0. The van der Waals surface area contributed by atoms with E-state index in [0.717, 1.165) is 30.0 Å². The lowest BCUT2D eigenvalue weighted by molar-refractivity contribution is -0.134. The zero-order chi connectivity index (χ0) is 22.1. The van der Waals surface area contributed by atoms with Crippen molar-refractivity contribution in [3.05, 3.63) is 42.1 Å². The molecular formula is C24H29FN4O3. The largest absolute Gasteiger partial charge is 0.381 e. The zero-order valence-electron chi connectivity index (χ0n) is 18.3. The lowest BCUT2D eigenvalue weighted by Crippen LogP contribution is -2.48. The van der Waals surface area contributed by atoms with Gasteiger partial charge in [-0.15, -0.1) is 0 Å². The smallest absolute Gasteiger partial charge is 0.265 e. The van der Waals surface area contributed by atoms with E-state index in [2.05, 4.69) is 15.2 Å². The first-order chi connectivity index (χ1) is 15.6. The lowest BCUT2D eigenvalue weighted by atomic mass is 9.83. The Labute approximate surface area is 187 Å². The number of fused-ring (bicyclic) bond motifs is 2. The number of pyridine rings is 1. The summed E-state index contributed by atoms with van der Waals surface area (Å²) in [5.74, 6) is 0.213. The van der Waals surface area contributed by atoms with Gasteiger partial charge in [0, 0.05) is 37.6 Å². The second kappa shape index (κ2) is 8.67. The highest BCUT2D eigenvalue weighted by Crippen LogP contribution is 2.42. The molecule has 0 bridgehead atoms. The van der Waals surface area contributed by atoms with Gasteiger partial charge in [0.1, 0.15) is 5.82 Å². The SMILES string of the molecule is CO[C@H]1CC[C@@](F)(C(=O)N2Cc3cccnc3Nc3ccc(N4CCOCC4)cc32)CC1. The molecule has 3 aliphatic rings. The van der Waals surface area contributed by atoms with Gasteiger partial charge in [0.15, 0.2) is 5.67 Å². The minimum atomic E-state index is -1.89. The molecule has 1 saturated carbocycles. The van der Waals surface area contributed by atoms with E-state index in [1.54, 1.807) is 18.2 Å². The average Bonchev–Trinajstić information content (AvgIpc) is 3.01. The number of rotatable bonds is 3. The minimum absolute atomic E-state index is 0.0163. The molecule has 0 radical (unpaired) electrons. The fourth-order valence-electron chi connectivity index (χ4n) is 4.85. The molecular weight excluding hydrogens is 411 g/mol. The third-order valence-electron chi connectivity index (χ3n) is 6.81. The number of nitrogens with one attached hydrogen (secondary N) is 1. The average molecular weight is 441 g/mol. The highest BCUT2D eigenvalue weighted by atomic mass is 19.1. The molecule has 0 unspecified atom stereocenters. The van der Waals surface area contributed by atoms with Crippen LogP contribution in [-0.4, -0.2) is 56.1 Å². The van der Waals surface area contributed by atoms with Gasteiger partial charge in [-0.05, 0) is 49.9 Å². The quantitative estimate of drug-likeness (QED) is 0.783. The van der Waals surface area contributed by atoms with Gasteiger partial charge in [0.25, 0.3) is 5.91 Å². The van der Waals surface area contributed by atoms with Crippen molar-refractivity contribution in [1.29, 1.82) is 0 Å². The number of anilines is 4. The normalized spacial score (nSPS) is 25.4. The van der Waals surface area contributed by atoms with Crippen LogP contribution in [0.3, 0.4) is 0 Å². The van der Waals surface area contributed by atoms with E-state index in [0.29, 0.717) is 37.6 Å². The summed E-state index contributed by atoms with van der Waals surface area (Å²) in [6.07, 6.45) is 3.17. The molecule has 2 aromatic rings. The number of hydrogen-bond donors (Lipinski definition) is 1. The number of aromatic nitrogens is 1. The van der Waals surface area contributed by atoms with E-state index in [9.17, 15) is 4.79 Å². The Hall–Kier alpha value is -2.71. The van der Waals surface area contributed by atoms with Crippen molar-refractivity contribution in [2.75, 3.05) is 48.5 Å². The fourth-order valence-corrected chi connectivity index (χ4v) is 4.85. The number of ether oxygens (including phenoxy) is 2. The molecule has 2 aliphatic heterocycles. The van der Waals surface area contributed by atoms with Crippen molar-refractivity contribution in [1.82, 2.24) is 4.98 Å².